The quantitative estimate of drug-likeness (QED) is 0.115. The number of nitrogens with zero attached hydrogens (tertiary/aromatic N) is 4. The third kappa shape index (κ3) is 4.68. The Kier molecular flexibility index (Phi) is 7.28. The standard InChI is InChI=1S/C42H36N4/c1-29-39(45(5)41(43(29)3)31-17-9-7-10-18-31)27-25-37-33-21-13-15-23-35(33)38(36-24-16-14-22-34(36)37)26-28-40-30(2)44(4)42(46(40)6)32-19-11-8-12-20-32/h7-24H,1-6H3/q+2. The van der Waals surface area contributed by atoms with Crippen molar-refractivity contribution in [3.63, 3.8) is 0 Å². The summed E-state index contributed by atoms with van der Waals surface area (Å²) in [4.78, 5) is 0. The molecule has 7 rings (SSSR count). The van der Waals surface area contributed by atoms with Crippen LogP contribution in [-0.4, -0.2) is 9.13 Å². The van der Waals surface area contributed by atoms with E-state index in [0.717, 1.165) is 67.1 Å². The highest BCUT2D eigenvalue weighted by Gasteiger charge is 2.25. The van der Waals surface area contributed by atoms with E-state index in [0.29, 0.717) is 0 Å². The molecule has 46 heavy (non-hydrogen) atoms. The Labute approximate surface area is 270 Å². The van der Waals surface area contributed by atoms with Crippen molar-refractivity contribution < 1.29 is 9.13 Å². The molecule has 4 nitrogen and oxygen atoms in total. The maximum absolute atomic E-state index is 3.63. The Morgan fingerprint density at radius 3 is 1.07 bits per heavy atom. The zero-order valence-electron chi connectivity index (χ0n) is 27.2. The molecule has 0 bridgehead atoms. The Morgan fingerprint density at radius 1 is 0.435 bits per heavy atom. The highest BCUT2D eigenvalue weighted by atomic mass is 15.2. The lowest BCUT2D eigenvalue weighted by atomic mass is 9.92. The van der Waals surface area contributed by atoms with Gasteiger partial charge in [0.1, 0.15) is 0 Å². The molecule has 0 spiro atoms. The van der Waals surface area contributed by atoms with E-state index >= 15 is 0 Å². The molecule has 0 radical (unpaired) electrons. The fraction of sp³-hybridized carbons (Fsp3) is 0.143. The summed E-state index contributed by atoms with van der Waals surface area (Å²) in [6.07, 6.45) is 0. The maximum Gasteiger partial charge on any atom is 0.289 e. The third-order valence-electron chi connectivity index (χ3n) is 9.24. The van der Waals surface area contributed by atoms with Gasteiger partial charge in [0.2, 0.25) is 11.4 Å². The summed E-state index contributed by atoms with van der Waals surface area (Å²) in [6, 6.07) is 38.0. The predicted molar refractivity (Wildman–Crippen MR) is 187 cm³/mol. The van der Waals surface area contributed by atoms with Gasteiger partial charge in [-0.15, -0.1) is 0 Å². The zero-order chi connectivity index (χ0) is 31.9. The van der Waals surface area contributed by atoms with Crippen molar-refractivity contribution in [2.24, 2.45) is 28.2 Å². The molecule has 0 atom stereocenters. The molecule has 4 heteroatoms. The zero-order valence-corrected chi connectivity index (χ0v) is 27.2. The van der Waals surface area contributed by atoms with E-state index in [-0.39, 0.29) is 0 Å². The first-order valence-corrected chi connectivity index (χ1v) is 15.6. The molecule has 0 aliphatic heterocycles. The molecule has 0 amide bonds. The number of benzene rings is 5. The summed E-state index contributed by atoms with van der Waals surface area (Å²) in [7, 11) is 8.42. The van der Waals surface area contributed by atoms with Crippen molar-refractivity contribution in [1.29, 1.82) is 0 Å². The lowest BCUT2D eigenvalue weighted by Crippen LogP contribution is -2.33. The molecule has 2 aromatic heterocycles. The second kappa shape index (κ2) is 11.6. The average Bonchev–Trinajstić information content (AvgIpc) is 3.43. The molecule has 0 fully saturated rings. The highest BCUT2D eigenvalue weighted by molar-refractivity contribution is 6.09. The van der Waals surface area contributed by atoms with E-state index < -0.39 is 0 Å². The molecular weight excluding hydrogens is 560 g/mol. The topological polar surface area (TPSA) is 17.6 Å². The molecule has 5 aromatic carbocycles. The summed E-state index contributed by atoms with van der Waals surface area (Å²) in [5, 5.41) is 4.43. The maximum atomic E-state index is 3.63. The van der Waals surface area contributed by atoms with E-state index in [2.05, 4.69) is 181 Å². The van der Waals surface area contributed by atoms with Crippen molar-refractivity contribution in [1.82, 2.24) is 9.13 Å². The van der Waals surface area contributed by atoms with Crippen molar-refractivity contribution in [3.8, 4) is 46.5 Å². The highest BCUT2D eigenvalue weighted by Crippen LogP contribution is 2.32. The molecule has 0 aliphatic carbocycles. The van der Waals surface area contributed by atoms with Gasteiger partial charge < -0.3 is 0 Å². The normalized spacial score (nSPS) is 10.9. The van der Waals surface area contributed by atoms with Gasteiger partial charge in [0, 0.05) is 25.0 Å². The van der Waals surface area contributed by atoms with Gasteiger partial charge in [0.05, 0.1) is 39.3 Å². The van der Waals surface area contributed by atoms with E-state index in [4.69, 9.17) is 0 Å². The Balaban J connectivity index is 1.41. The van der Waals surface area contributed by atoms with Crippen LogP contribution in [0.25, 0.3) is 44.3 Å². The first-order chi connectivity index (χ1) is 22.4. The van der Waals surface area contributed by atoms with E-state index in [1.807, 2.05) is 12.1 Å². The SMILES string of the molecule is Cc1c(C#Cc2c3ccccc3c(C#Cc3c(C)n(C)c(-c4ccccc4)[n+]3C)c3ccccc23)[n+](C)c(-c2ccccc2)n1C. The van der Waals surface area contributed by atoms with Crippen molar-refractivity contribution in [3.05, 3.63) is 143 Å². The van der Waals surface area contributed by atoms with Crippen LogP contribution in [0, 0.1) is 37.5 Å². The molecule has 0 unspecified atom stereocenters. The van der Waals surface area contributed by atoms with Crippen molar-refractivity contribution in [2.45, 2.75) is 13.8 Å². The van der Waals surface area contributed by atoms with Gasteiger partial charge in [-0.2, -0.15) is 0 Å². The minimum Gasteiger partial charge on any atom is -0.229 e. The van der Waals surface area contributed by atoms with Crippen LogP contribution >= 0.6 is 0 Å². The number of rotatable bonds is 2. The van der Waals surface area contributed by atoms with Crippen LogP contribution in [0.1, 0.15) is 33.9 Å². The van der Waals surface area contributed by atoms with Crippen LogP contribution in [0.2, 0.25) is 0 Å². The van der Waals surface area contributed by atoms with E-state index in [9.17, 15) is 0 Å². The van der Waals surface area contributed by atoms with Gasteiger partial charge in [-0.05, 0) is 57.7 Å². The van der Waals surface area contributed by atoms with Crippen LogP contribution in [0.3, 0.4) is 0 Å². The molecule has 7 aromatic rings. The minimum atomic E-state index is 1.000. The molecule has 0 aliphatic rings. The molecule has 0 N–H and O–H groups in total. The summed E-state index contributed by atoms with van der Waals surface area (Å²) < 4.78 is 8.85. The van der Waals surface area contributed by atoms with Gasteiger partial charge in [0.15, 0.2) is 11.4 Å². The monoisotopic (exact) mass is 596 g/mol. The van der Waals surface area contributed by atoms with Gasteiger partial charge in [-0.25, -0.2) is 18.3 Å². The number of aromatic nitrogens is 4. The molecule has 0 saturated carbocycles. The number of fused-ring (bicyclic) bond motifs is 2. The van der Waals surface area contributed by atoms with Gasteiger partial charge in [-0.1, -0.05) is 96.8 Å². The number of imidazole rings is 2. The van der Waals surface area contributed by atoms with Gasteiger partial charge in [-0.3, -0.25) is 0 Å². The van der Waals surface area contributed by atoms with E-state index in [1.54, 1.807) is 0 Å². The van der Waals surface area contributed by atoms with Crippen LogP contribution in [0.15, 0.2) is 109 Å². The fourth-order valence-corrected chi connectivity index (χ4v) is 6.72. The molecular formula is C42H36N4+2. The van der Waals surface area contributed by atoms with Crippen LogP contribution in [0.5, 0.6) is 0 Å². The summed E-state index contributed by atoms with van der Waals surface area (Å²) in [5.74, 6) is 16.7. The lowest BCUT2D eigenvalue weighted by molar-refractivity contribution is -0.662. The van der Waals surface area contributed by atoms with Crippen LogP contribution in [-0.2, 0) is 28.2 Å². The third-order valence-corrected chi connectivity index (χ3v) is 9.24. The van der Waals surface area contributed by atoms with Crippen LogP contribution < -0.4 is 9.13 Å². The van der Waals surface area contributed by atoms with Crippen molar-refractivity contribution >= 4 is 21.5 Å². The Bertz CT molecular complexity index is 2190. The second-order valence-electron chi connectivity index (χ2n) is 11.8. The number of hydrogen-bond donors (Lipinski definition) is 0. The second-order valence-corrected chi connectivity index (χ2v) is 11.8. The summed E-state index contributed by atoms with van der Waals surface area (Å²) >= 11 is 0. The molecule has 0 saturated heterocycles. The molecule has 2 heterocycles. The van der Waals surface area contributed by atoms with Gasteiger partial charge in [0.25, 0.3) is 11.6 Å². The predicted octanol–water partition coefficient (Wildman–Crippen LogP) is 7.07. The smallest absolute Gasteiger partial charge is 0.229 e. The largest absolute Gasteiger partial charge is 0.289 e. The first-order valence-electron chi connectivity index (χ1n) is 15.6. The molecule has 222 valence electrons. The van der Waals surface area contributed by atoms with E-state index in [1.165, 1.54) is 11.1 Å². The average molecular weight is 597 g/mol. The number of hydrogen-bond acceptors (Lipinski definition) is 0. The van der Waals surface area contributed by atoms with Crippen molar-refractivity contribution in [2.75, 3.05) is 0 Å². The first kappa shape index (κ1) is 28.9. The van der Waals surface area contributed by atoms with Gasteiger partial charge >= 0.3 is 0 Å². The Morgan fingerprint density at radius 2 is 0.739 bits per heavy atom. The fourth-order valence-electron chi connectivity index (χ4n) is 6.72. The lowest BCUT2D eigenvalue weighted by Gasteiger charge is -2.10. The summed E-state index contributed by atoms with van der Waals surface area (Å²) in [5.41, 5.74) is 8.64. The Hall–Kier alpha value is -5.84. The summed E-state index contributed by atoms with van der Waals surface area (Å²) in [6.45, 7) is 4.28. The van der Waals surface area contributed by atoms with Crippen LogP contribution in [0.4, 0.5) is 0 Å². The minimum absolute atomic E-state index is 1.000.